The SMILES string of the molecule is COc1ccc(C2CNC(c3ccc(OC)cc3)CNC(c3ccc(OC)cc3)CNC(c3ccc(OC)cc3)CNC(c3ccc(OC)cc3)CN2)cc1. The van der Waals surface area contributed by atoms with Crippen molar-refractivity contribution in [3.05, 3.63) is 149 Å². The van der Waals surface area contributed by atoms with E-state index < -0.39 is 0 Å². The Morgan fingerprint density at radius 1 is 0.273 bits per heavy atom. The molecule has 0 bridgehead atoms. The van der Waals surface area contributed by atoms with Crippen LogP contribution in [0.25, 0.3) is 0 Å². The second-order valence-electron chi connectivity index (χ2n) is 13.7. The second kappa shape index (κ2) is 20.0. The third-order valence-corrected chi connectivity index (χ3v) is 10.4. The fourth-order valence-corrected chi connectivity index (χ4v) is 7.02. The highest BCUT2D eigenvalue weighted by molar-refractivity contribution is 5.34. The Balaban J connectivity index is 1.39. The van der Waals surface area contributed by atoms with Crippen molar-refractivity contribution in [3.63, 3.8) is 0 Å². The van der Waals surface area contributed by atoms with Crippen LogP contribution < -0.4 is 50.3 Å². The van der Waals surface area contributed by atoms with Gasteiger partial charge in [-0.05, 0) is 88.5 Å². The van der Waals surface area contributed by atoms with Gasteiger partial charge in [-0.3, -0.25) is 0 Å². The van der Waals surface area contributed by atoms with E-state index in [0.717, 1.165) is 28.7 Å². The van der Waals surface area contributed by atoms with Gasteiger partial charge in [0.15, 0.2) is 0 Å². The summed E-state index contributed by atoms with van der Waals surface area (Å²) in [6.45, 7) is 3.40. The molecule has 5 atom stereocenters. The first-order valence-electron chi connectivity index (χ1n) is 18.9. The molecule has 1 heterocycles. The summed E-state index contributed by atoms with van der Waals surface area (Å²) < 4.78 is 27.6. The maximum atomic E-state index is 5.52. The third kappa shape index (κ3) is 10.8. The van der Waals surface area contributed by atoms with Crippen molar-refractivity contribution in [2.24, 2.45) is 0 Å². The molecule has 5 unspecified atom stereocenters. The van der Waals surface area contributed by atoms with Gasteiger partial charge in [0.2, 0.25) is 0 Å². The molecule has 1 saturated heterocycles. The zero-order valence-corrected chi connectivity index (χ0v) is 32.5. The summed E-state index contributed by atoms with van der Waals surface area (Å²) in [6.07, 6.45) is 0. The molecule has 0 radical (unpaired) electrons. The van der Waals surface area contributed by atoms with Crippen LogP contribution in [-0.2, 0) is 0 Å². The van der Waals surface area contributed by atoms with Gasteiger partial charge in [-0.15, -0.1) is 0 Å². The molecular weight excluding hydrogens is 691 g/mol. The molecule has 290 valence electrons. The molecule has 5 aromatic carbocycles. The first kappa shape index (κ1) is 39.6. The number of ether oxygens (including phenoxy) is 5. The average Bonchev–Trinajstić information content (AvgIpc) is 3.26. The van der Waals surface area contributed by atoms with Crippen LogP contribution in [0.5, 0.6) is 28.7 Å². The van der Waals surface area contributed by atoms with E-state index in [1.807, 2.05) is 60.7 Å². The highest BCUT2D eigenvalue weighted by atomic mass is 16.5. The van der Waals surface area contributed by atoms with Gasteiger partial charge >= 0.3 is 0 Å². The van der Waals surface area contributed by atoms with Gasteiger partial charge in [0, 0.05) is 62.9 Å². The Hall–Kier alpha value is -5.10. The summed E-state index contributed by atoms with van der Waals surface area (Å²) in [5.41, 5.74) is 5.84. The smallest absolute Gasteiger partial charge is 0.118 e. The molecule has 6 rings (SSSR count). The van der Waals surface area contributed by atoms with Crippen molar-refractivity contribution in [2.45, 2.75) is 30.2 Å². The van der Waals surface area contributed by atoms with Crippen molar-refractivity contribution in [2.75, 3.05) is 68.3 Å². The molecule has 1 aliphatic heterocycles. The molecule has 5 N–H and O–H groups in total. The number of hydrogen-bond acceptors (Lipinski definition) is 10. The molecule has 0 amide bonds. The summed E-state index contributed by atoms with van der Waals surface area (Å²) in [7, 11) is 8.49. The van der Waals surface area contributed by atoms with Crippen LogP contribution in [0.1, 0.15) is 58.0 Å². The highest BCUT2D eigenvalue weighted by Crippen LogP contribution is 2.26. The van der Waals surface area contributed by atoms with Gasteiger partial charge in [-0.25, -0.2) is 0 Å². The Labute approximate surface area is 325 Å². The van der Waals surface area contributed by atoms with Crippen molar-refractivity contribution in [1.29, 1.82) is 0 Å². The number of rotatable bonds is 10. The second-order valence-corrected chi connectivity index (χ2v) is 13.7. The molecule has 0 saturated carbocycles. The minimum absolute atomic E-state index is 0.00720. The van der Waals surface area contributed by atoms with Gasteiger partial charge in [0.25, 0.3) is 0 Å². The monoisotopic (exact) mass is 745 g/mol. The van der Waals surface area contributed by atoms with Crippen LogP contribution in [0.3, 0.4) is 0 Å². The predicted octanol–water partition coefficient (Wildman–Crippen LogP) is 6.70. The molecule has 0 aromatic heterocycles. The van der Waals surface area contributed by atoms with Crippen LogP contribution >= 0.6 is 0 Å². The van der Waals surface area contributed by atoms with E-state index in [4.69, 9.17) is 23.7 Å². The van der Waals surface area contributed by atoms with Crippen LogP contribution in [0, 0.1) is 0 Å². The zero-order chi connectivity index (χ0) is 38.4. The first-order chi connectivity index (χ1) is 27.0. The molecule has 1 aliphatic rings. The van der Waals surface area contributed by atoms with E-state index >= 15 is 0 Å². The van der Waals surface area contributed by atoms with Crippen molar-refractivity contribution in [1.82, 2.24) is 26.6 Å². The van der Waals surface area contributed by atoms with Crippen LogP contribution in [-0.4, -0.2) is 68.3 Å². The maximum absolute atomic E-state index is 5.52. The molecular formula is C45H55N5O5. The van der Waals surface area contributed by atoms with E-state index in [2.05, 4.69) is 87.2 Å². The van der Waals surface area contributed by atoms with E-state index in [-0.39, 0.29) is 30.2 Å². The van der Waals surface area contributed by atoms with Crippen molar-refractivity contribution in [3.8, 4) is 28.7 Å². The van der Waals surface area contributed by atoms with Crippen LogP contribution in [0.15, 0.2) is 121 Å². The highest BCUT2D eigenvalue weighted by Gasteiger charge is 2.24. The third-order valence-electron chi connectivity index (χ3n) is 10.4. The Morgan fingerprint density at radius 3 is 0.545 bits per heavy atom. The lowest BCUT2D eigenvalue weighted by atomic mass is 10.0. The summed E-state index contributed by atoms with van der Waals surface area (Å²) in [6, 6.07) is 41.7. The van der Waals surface area contributed by atoms with Crippen molar-refractivity contribution >= 4 is 0 Å². The normalized spacial score (nSPS) is 21.4. The Bertz CT molecular complexity index is 1510. The topological polar surface area (TPSA) is 106 Å². The van der Waals surface area contributed by atoms with E-state index in [1.54, 1.807) is 35.5 Å². The molecule has 10 nitrogen and oxygen atoms in total. The minimum atomic E-state index is -0.00720. The quantitative estimate of drug-likeness (QED) is 0.106. The largest absolute Gasteiger partial charge is 0.497 e. The van der Waals surface area contributed by atoms with Crippen LogP contribution in [0.4, 0.5) is 0 Å². The lowest BCUT2D eigenvalue weighted by molar-refractivity contribution is 0.393. The lowest BCUT2D eigenvalue weighted by Crippen LogP contribution is -2.41. The summed E-state index contributed by atoms with van der Waals surface area (Å²) in [5, 5.41) is 19.7. The fourth-order valence-electron chi connectivity index (χ4n) is 7.02. The minimum Gasteiger partial charge on any atom is -0.497 e. The van der Waals surface area contributed by atoms with Gasteiger partial charge in [-0.2, -0.15) is 0 Å². The van der Waals surface area contributed by atoms with Gasteiger partial charge < -0.3 is 50.3 Å². The van der Waals surface area contributed by atoms with E-state index in [9.17, 15) is 0 Å². The fraction of sp³-hybridized carbons (Fsp3) is 0.333. The van der Waals surface area contributed by atoms with Gasteiger partial charge in [0.05, 0.1) is 35.5 Å². The van der Waals surface area contributed by atoms with Crippen LogP contribution in [0.2, 0.25) is 0 Å². The predicted molar refractivity (Wildman–Crippen MR) is 219 cm³/mol. The molecule has 0 spiro atoms. The number of methoxy groups -OCH3 is 5. The molecule has 5 aromatic rings. The van der Waals surface area contributed by atoms with Crippen molar-refractivity contribution < 1.29 is 23.7 Å². The summed E-state index contributed by atoms with van der Waals surface area (Å²) in [4.78, 5) is 0. The van der Waals surface area contributed by atoms with Gasteiger partial charge in [-0.1, -0.05) is 60.7 Å². The van der Waals surface area contributed by atoms with E-state index in [1.165, 1.54) is 27.8 Å². The lowest BCUT2D eigenvalue weighted by Gasteiger charge is -2.28. The molecule has 10 heteroatoms. The summed E-state index contributed by atoms with van der Waals surface area (Å²) >= 11 is 0. The number of benzene rings is 5. The first-order valence-corrected chi connectivity index (χ1v) is 18.9. The number of hydrogen-bond donors (Lipinski definition) is 5. The summed E-state index contributed by atoms with van der Waals surface area (Å²) in [5.74, 6) is 4.14. The van der Waals surface area contributed by atoms with Gasteiger partial charge in [0.1, 0.15) is 28.7 Å². The zero-order valence-electron chi connectivity index (χ0n) is 32.5. The maximum Gasteiger partial charge on any atom is 0.118 e. The Morgan fingerprint density at radius 2 is 0.418 bits per heavy atom. The Kier molecular flexibility index (Phi) is 14.4. The molecule has 1 fully saturated rings. The van der Waals surface area contributed by atoms with E-state index in [0.29, 0.717) is 32.7 Å². The number of nitrogens with one attached hydrogen (secondary N) is 5. The average molecular weight is 746 g/mol. The molecule has 55 heavy (non-hydrogen) atoms. The molecule has 0 aliphatic carbocycles. The standard InChI is InChI=1S/C45H55N5O5/c1-51-36-16-6-31(7-17-36)41-26-47-43(33-10-20-38(53-3)21-11-33)28-49-45(35-14-24-40(55-5)25-15-35)30-50-44(34-12-22-39(54-4)23-13-34)29-48-42(27-46-41)32-8-18-37(52-2)19-9-32/h6-25,41-50H,26-30H2,1-5H3.